The van der Waals surface area contributed by atoms with E-state index in [9.17, 15) is 9.59 Å². The summed E-state index contributed by atoms with van der Waals surface area (Å²) in [5.74, 6) is -1.29. The first-order valence-corrected chi connectivity index (χ1v) is 3.78. The lowest BCUT2D eigenvalue weighted by Gasteiger charge is -2.06. The van der Waals surface area contributed by atoms with Crippen molar-refractivity contribution in [3.8, 4) is 0 Å². The second kappa shape index (κ2) is 5.54. The molecule has 0 bridgehead atoms. The number of primary amides is 1. The van der Waals surface area contributed by atoms with Crippen LogP contribution in [0.3, 0.4) is 0 Å². The van der Waals surface area contributed by atoms with Gasteiger partial charge in [-0.05, 0) is 12.8 Å². The van der Waals surface area contributed by atoms with Crippen LogP contribution in [0.5, 0.6) is 0 Å². The largest absolute Gasteiger partial charge is 0.481 e. The van der Waals surface area contributed by atoms with Crippen LogP contribution < -0.4 is 11.5 Å². The van der Waals surface area contributed by atoms with Gasteiger partial charge in [-0.3, -0.25) is 9.59 Å². The van der Waals surface area contributed by atoms with Crippen LogP contribution in [0.1, 0.15) is 25.7 Å². The maximum Gasteiger partial charge on any atom is 0.304 e. The van der Waals surface area contributed by atoms with E-state index in [-0.39, 0.29) is 24.8 Å². The maximum absolute atomic E-state index is 10.3. The lowest BCUT2D eigenvalue weighted by Crippen LogP contribution is -2.24. The predicted octanol–water partition coefficient (Wildman–Crippen LogP) is -0.556. The molecule has 5 nitrogen and oxygen atoms in total. The lowest BCUT2D eigenvalue weighted by atomic mass is 10.1. The number of carbonyl (C=O) groups excluding carboxylic acids is 1. The van der Waals surface area contributed by atoms with Crippen LogP contribution in [-0.2, 0) is 9.59 Å². The minimum Gasteiger partial charge on any atom is -0.481 e. The zero-order valence-corrected chi connectivity index (χ0v) is 6.82. The first-order valence-electron chi connectivity index (χ1n) is 3.78. The number of aliphatic carboxylic acids is 1. The van der Waals surface area contributed by atoms with Crippen LogP contribution >= 0.6 is 0 Å². The Morgan fingerprint density at radius 3 is 2.42 bits per heavy atom. The van der Waals surface area contributed by atoms with Gasteiger partial charge in [0.1, 0.15) is 0 Å². The topological polar surface area (TPSA) is 106 Å². The molecular formula is C7H14N2O3. The smallest absolute Gasteiger partial charge is 0.304 e. The van der Waals surface area contributed by atoms with Crippen molar-refractivity contribution >= 4 is 11.9 Å². The van der Waals surface area contributed by atoms with Crippen molar-refractivity contribution in [2.24, 2.45) is 11.5 Å². The number of hydrogen-bond donors (Lipinski definition) is 3. The zero-order chi connectivity index (χ0) is 9.56. The fourth-order valence-corrected chi connectivity index (χ4v) is 0.865. The Morgan fingerprint density at radius 2 is 2.00 bits per heavy atom. The van der Waals surface area contributed by atoms with Crippen LogP contribution in [0.25, 0.3) is 0 Å². The third kappa shape index (κ3) is 7.01. The van der Waals surface area contributed by atoms with Crippen molar-refractivity contribution in [2.75, 3.05) is 0 Å². The number of carbonyl (C=O) groups is 2. The molecule has 0 aromatic carbocycles. The molecule has 0 aromatic rings. The Bertz CT molecular complexity index is 170. The molecule has 0 fully saturated rings. The van der Waals surface area contributed by atoms with Crippen molar-refractivity contribution in [1.29, 1.82) is 0 Å². The molecule has 12 heavy (non-hydrogen) atoms. The van der Waals surface area contributed by atoms with Gasteiger partial charge >= 0.3 is 5.97 Å². The van der Waals surface area contributed by atoms with Gasteiger partial charge in [-0.2, -0.15) is 0 Å². The fraction of sp³-hybridized carbons (Fsp3) is 0.714. The highest BCUT2D eigenvalue weighted by Gasteiger charge is 2.07. The molecular weight excluding hydrogens is 160 g/mol. The van der Waals surface area contributed by atoms with Gasteiger partial charge in [-0.25, -0.2) is 0 Å². The molecule has 5 N–H and O–H groups in total. The van der Waals surface area contributed by atoms with Gasteiger partial charge in [-0.15, -0.1) is 0 Å². The third-order valence-electron chi connectivity index (χ3n) is 1.43. The molecule has 0 heterocycles. The quantitative estimate of drug-likeness (QED) is 0.502. The van der Waals surface area contributed by atoms with E-state index in [1.165, 1.54) is 0 Å². The lowest BCUT2D eigenvalue weighted by molar-refractivity contribution is -0.137. The first-order chi connectivity index (χ1) is 5.52. The van der Waals surface area contributed by atoms with Crippen molar-refractivity contribution in [1.82, 2.24) is 0 Å². The van der Waals surface area contributed by atoms with Crippen molar-refractivity contribution in [3.63, 3.8) is 0 Å². The fourth-order valence-electron chi connectivity index (χ4n) is 0.865. The molecule has 0 aliphatic carbocycles. The molecule has 0 aliphatic rings. The minimum absolute atomic E-state index is 0.0568. The van der Waals surface area contributed by atoms with E-state index in [2.05, 4.69) is 0 Å². The summed E-state index contributed by atoms with van der Waals surface area (Å²) in [4.78, 5) is 20.4. The van der Waals surface area contributed by atoms with E-state index < -0.39 is 5.97 Å². The van der Waals surface area contributed by atoms with Gasteiger partial charge in [0, 0.05) is 12.5 Å². The van der Waals surface area contributed by atoms with Gasteiger partial charge < -0.3 is 16.6 Å². The third-order valence-corrected chi connectivity index (χ3v) is 1.43. The van der Waals surface area contributed by atoms with Crippen LogP contribution in [0.2, 0.25) is 0 Å². The normalized spacial score (nSPS) is 12.4. The average molecular weight is 174 g/mol. The molecule has 0 aromatic heterocycles. The number of amides is 1. The number of carboxylic acids is 1. The molecule has 0 aliphatic heterocycles. The van der Waals surface area contributed by atoms with E-state index in [0.29, 0.717) is 12.8 Å². The Balaban J connectivity index is 3.37. The van der Waals surface area contributed by atoms with Crippen LogP contribution in [0, 0.1) is 0 Å². The van der Waals surface area contributed by atoms with Crippen molar-refractivity contribution < 1.29 is 14.7 Å². The number of carboxylic acid groups (broad SMARTS) is 1. The van der Waals surface area contributed by atoms with E-state index in [1.807, 2.05) is 0 Å². The Morgan fingerprint density at radius 1 is 1.42 bits per heavy atom. The summed E-state index contributed by atoms with van der Waals surface area (Å²) in [7, 11) is 0. The second-order valence-electron chi connectivity index (χ2n) is 2.72. The number of rotatable bonds is 6. The van der Waals surface area contributed by atoms with E-state index in [4.69, 9.17) is 16.6 Å². The summed E-state index contributed by atoms with van der Waals surface area (Å²) in [6.45, 7) is 0. The Hall–Kier alpha value is -1.10. The van der Waals surface area contributed by atoms with Crippen molar-refractivity contribution in [3.05, 3.63) is 0 Å². The van der Waals surface area contributed by atoms with E-state index in [1.54, 1.807) is 0 Å². The summed E-state index contributed by atoms with van der Waals surface area (Å²) < 4.78 is 0. The highest BCUT2D eigenvalue weighted by molar-refractivity contribution is 5.73. The first kappa shape index (κ1) is 10.9. The summed E-state index contributed by atoms with van der Waals surface area (Å²) >= 11 is 0. The Labute approximate surface area is 70.7 Å². The van der Waals surface area contributed by atoms with Crippen molar-refractivity contribution in [2.45, 2.75) is 31.7 Å². The number of hydrogen-bond acceptors (Lipinski definition) is 3. The summed E-state index contributed by atoms with van der Waals surface area (Å²) in [5, 5.41) is 8.32. The van der Waals surface area contributed by atoms with Gasteiger partial charge in [0.15, 0.2) is 0 Å². The van der Waals surface area contributed by atoms with Gasteiger partial charge in [0.05, 0.1) is 6.42 Å². The molecule has 1 amide bonds. The minimum atomic E-state index is -0.915. The molecule has 5 heteroatoms. The Kier molecular flexibility index (Phi) is 5.03. The standard InChI is InChI=1S/C7H14N2O3/c8-5(4-7(11)12)2-1-3-6(9)10/h5H,1-4,8H2,(H2,9,10)(H,11,12). The molecule has 0 spiro atoms. The zero-order valence-electron chi connectivity index (χ0n) is 6.82. The summed E-state index contributed by atoms with van der Waals surface area (Å²) in [6.07, 6.45) is 1.30. The molecule has 0 saturated carbocycles. The molecule has 0 saturated heterocycles. The molecule has 0 radical (unpaired) electrons. The van der Waals surface area contributed by atoms with Crippen LogP contribution in [0.4, 0.5) is 0 Å². The highest BCUT2D eigenvalue weighted by atomic mass is 16.4. The van der Waals surface area contributed by atoms with E-state index >= 15 is 0 Å². The highest BCUT2D eigenvalue weighted by Crippen LogP contribution is 2.01. The van der Waals surface area contributed by atoms with Gasteiger partial charge in [-0.1, -0.05) is 0 Å². The molecule has 1 unspecified atom stereocenters. The maximum atomic E-state index is 10.3. The van der Waals surface area contributed by atoms with Gasteiger partial charge in [0.2, 0.25) is 5.91 Å². The monoisotopic (exact) mass is 174 g/mol. The second-order valence-corrected chi connectivity index (χ2v) is 2.72. The van der Waals surface area contributed by atoms with E-state index in [0.717, 1.165) is 0 Å². The average Bonchev–Trinajstić information content (AvgIpc) is 1.84. The van der Waals surface area contributed by atoms with Crippen LogP contribution in [-0.4, -0.2) is 23.0 Å². The van der Waals surface area contributed by atoms with Crippen LogP contribution in [0.15, 0.2) is 0 Å². The molecule has 70 valence electrons. The molecule has 1 atom stereocenters. The predicted molar refractivity (Wildman–Crippen MR) is 43.3 cm³/mol. The van der Waals surface area contributed by atoms with Gasteiger partial charge in [0.25, 0.3) is 0 Å². The summed E-state index contributed by atoms with van der Waals surface area (Å²) in [6, 6.07) is -0.373. The SMILES string of the molecule is NC(=O)CCCC(N)CC(=O)O. The summed E-state index contributed by atoms with van der Waals surface area (Å²) in [5.41, 5.74) is 10.3. The number of nitrogens with two attached hydrogens (primary N) is 2. The molecule has 0 rings (SSSR count).